The average molecular weight is 392 g/mol. The first kappa shape index (κ1) is 19.5. The van der Waals surface area contributed by atoms with Gasteiger partial charge in [-0.25, -0.2) is 0 Å². The van der Waals surface area contributed by atoms with Crippen molar-refractivity contribution < 1.29 is 4.74 Å². The van der Waals surface area contributed by atoms with Gasteiger partial charge in [0.25, 0.3) is 0 Å². The number of hydrogen-bond donors (Lipinski definition) is 1. The van der Waals surface area contributed by atoms with Crippen molar-refractivity contribution in [2.75, 3.05) is 0 Å². The maximum Gasteiger partial charge on any atom is 0.124 e. The van der Waals surface area contributed by atoms with Crippen molar-refractivity contribution in [3.8, 4) is 5.75 Å². The molecule has 1 aliphatic carbocycles. The molecule has 140 valence electrons. The summed E-state index contributed by atoms with van der Waals surface area (Å²) in [5.41, 5.74) is 2.01. The molecule has 3 rings (SSSR count). The van der Waals surface area contributed by atoms with Gasteiger partial charge in [-0.2, -0.15) is 0 Å². The first-order valence-corrected chi connectivity index (χ1v) is 10.4. The van der Waals surface area contributed by atoms with E-state index in [9.17, 15) is 0 Å². The molecule has 0 spiro atoms. The van der Waals surface area contributed by atoms with Crippen LogP contribution in [0.25, 0.3) is 0 Å². The molecule has 1 N–H and O–H groups in total. The number of rotatable bonds is 6. The van der Waals surface area contributed by atoms with E-state index in [1.165, 1.54) is 50.5 Å². The summed E-state index contributed by atoms with van der Waals surface area (Å²) < 4.78 is 6.06. The van der Waals surface area contributed by atoms with E-state index in [1.54, 1.807) is 0 Å². The van der Waals surface area contributed by atoms with Gasteiger partial charge >= 0.3 is 0 Å². The summed E-state index contributed by atoms with van der Waals surface area (Å²) in [6.45, 7) is 1.20. The van der Waals surface area contributed by atoms with Gasteiger partial charge in [0.1, 0.15) is 12.4 Å². The molecule has 2 aromatic rings. The van der Waals surface area contributed by atoms with Crippen molar-refractivity contribution in [2.45, 2.75) is 64.1 Å². The summed E-state index contributed by atoms with van der Waals surface area (Å²) in [5, 5.41) is 5.02. The van der Waals surface area contributed by atoms with Crippen LogP contribution in [-0.2, 0) is 13.2 Å². The maximum absolute atomic E-state index is 6.25. The second-order valence-corrected chi connectivity index (χ2v) is 7.83. The van der Waals surface area contributed by atoms with Gasteiger partial charge in [-0.05, 0) is 31.0 Å². The van der Waals surface area contributed by atoms with Crippen LogP contribution < -0.4 is 10.1 Å². The predicted octanol–water partition coefficient (Wildman–Crippen LogP) is 6.77. The van der Waals surface area contributed by atoms with Crippen molar-refractivity contribution >= 4 is 23.2 Å². The highest BCUT2D eigenvalue weighted by atomic mass is 35.5. The molecule has 0 aliphatic heterocycles. The molecular weight excluding hydrogens is 365 g/mol. The van der Waals surface area contributed by atoms with Crippen molar-refractivity contribution in [3.05, 3.63) is 63.6 Å². The van der Waals surface area contributed by atoms with E-state index in [-0.39, 0.29) is 0 Å². The number of para-hydroxylation sites is 1. The minimum absolute atomic E-state index is 0.374. The predicted molar refractivity (Wildman–Crippen MR) is 110 cm³/mol. The molecule has 0 saturated heterocycles. The molecule has 4 heteroatoms. The Morgan fingerprint density at radius 2 is 1.50 bits per heavy atom. The van der Waals surface area contributed by atoms with E-state index in [1.807, 2.05) is 30.3 Å². The Morgan fingerprint density at radius 3 is 2.23 bits per heavy atom. The maximum atomic E-state index is 6.25. The van der Waals surface area contributed by atoms with E-state index in [2.05, 4.69) is 17.4 Å². The Hall–Kier alpha value is -1.22. The van der Waals surface area contributed by atoms with Crippen molar-refractivity contribution in [2.24, 2.45) is 0 Å². The van der Waals surface area contributed by atoms with E-state index < -0.39 is 0 Å². The van der Waals surface area contributed by atoms with Crippen LogP contribution in [0.2, 0.25) is 10.0 Å². The highest BCUT2D eigenvalue weighted by Crippen LogP contribution is 2.27. The highest BCUT2D eigenvalue weighted by molar-refractivity contribution is 6.35. The Labute approximate surface area is 166 Å². The van der Waals surface area contributed by atoms with Gasteiger partial charge in [0.2, 0.25) is 0 Å². The second-order valence-electron chi connectivity index (χ2n) is 7.02. The fourth-order valence-corrected chi connectivity index (χ4v) is 4.03. The van der Waals surface area contributed by atoms with Crippen LogP contribution in [0.5, 0.6) is 5.75 Å². The molecule has 2 nitrogen and oxygen atoms in total. The van der Waals surface area contributed by atoms with Crippen LogP contribution in [0, 0.1) is 0 Å². The van der Waals surface area contributed by atoms with Crippen molar-refractivity contribution in [1.82, 2.24) is 5.32 Å². The van der Waals surface area contributed by atoms with Crippen LogP contribution >= 0.6 is 23.2 Å². The van der Waals surface area contributed by atoms with Gasteiger partial charge in [0.05, 0.1) is 0 Å². The van der Waals surface area contributed by atoms with Gasteiger partial charge < -0.3 is 10.1 Å². The van der Waals surface area contributed by atoms with E-state index >= 15 is 0 Å². The summed E-state index contributed by atoms with van der Waals surface area (Å²) >= 11 is 12.5. The molecule has 0 aromatic heterocycles. The number of ether oxygens (including phenoxy) is 1. The Bertz CT molecular complexity index is 676. The van der Waals surface area contributed by atoms with Crippen molar-refractivity contribution in [1.29, 1.82) is 0 Å². The minimum Gasteiger partial charge on any atom is -0.488 e. The van der Waals surface area contributed by atoms with Crippen LogP contribution in [0.1, 0.15) is 56.1 Å². The average Bonchev–Trinajstić information content (AvgIpc) is 2.61. The highest BCUT2D eigenvalue weighted by Gasteiger charge is 2.13. The topological polar surface area (TPSA) is 21.3 Å². The Kier molecular flexibility index (Phi) is 7.67. The van der Waals surface area contributed by atoms with Crippen LogP contribution in [0.4, 0.5) is 0 Å². The fourth-order valence-electron chi connectivity index (χ4n) is 3.53. The smallest absolute Gasteiger partial charge is 0.124 e. The zero-order chi connectivity index (χ0) is 18.2. The van der Waals surface area contributed by atoms with E-state index in [4.69, 9.17) is 27.9 Å². The molecule has 0 radical (unpaired) electrons. The first-order chi connectivity index (χ1) is 12.7. The summed E-state index contributed by atoms with van der Waals surface area (Å²) in [6.07, 6.45) is 9.36. The summed E-state index contributed by atoms with van der Waals surface area (Å²) in [4.78, 5) is 0. The number of nitrogens with one attached hydrogen (secondary N) is 1. The van der Waals surface area contributed by atoms with Crippen LogP contribution in [0.15, 0.2) is 42.5 Å². The third-order valence-corrected chi connectivity index (χ3v) is 5.80. The Balaban J connectivity index is 1.60. The van der Waals surface area contributed by atoms with E-state index in [0.29, 0.717) is 22.7 Å². The SMILES string of the molecule is Clc1cccc(Cl)c1COc1ccccc1CNC1CCCCCCC1. The molecule has 26 heavy (non-hydrogen) atoms. The zero-order valence-corrected chi connectivity index (χ0v) is 16.7. The molecule has 0 heterocycles. The summed E-state index contributed by atoms with van der Waals surface area (Å²) in [6, 6.07) is 14.3. The van der Waals surface area contributed by atoms with Gasteiger partial charge in [-0.3, -0.25) is 0 Å². The summed E-state index contributed by atoms with van der Waals surface area (Å²) in [5.74, 6) is 0.891. The number of halogens is 2. The lowest BCUT2D eigenvalue weighted by atomic mass is 9.96. The molecule has 0 bridgehead atoms. The quantitative estimate of drug-likeness (QED) is 0.585. The number of benzene rings is 2. The molecule has 1 fully saturated rings. The zero-order valence-electron chi connectivity index (χ0n) is 15.1. The van der Waals surface area contributed by atoms with E-state index in [0.717, 1.165) is 17.9 Å². The lowest BCUT2D eigenvalue weighted by molar-refractivity contribution is 0.300. The monoisotopic (exact) mass is 391 g/mol. The largest absolute Gasteiger partial charge is 0.488 e. The fraction of sp³-hybridized carbons (Fsp3) is 0.455. The molecule has 0 atom stereocenters. The van der Waals surface area contributed by atoms with Gasteiger partial charge in [0.15, 0.2) is 0 Å². The molecule has 1 saturated carbocycles. The molecule has 0 amide bonds. The lowest BCUT2D eigenvalue weighted by Crippen LogP contribution is -2.29. The second kappa shape index (κ2) is 10.2. The van der Waals surface area contributed by atoms with Gasteiger partial charge in [-0.1, -0.05) is 79.6 Å². The lowest BCUT2D eigenvalue weighted by Gasteiger charge is -2.22. The first-order valence-electron chi connectivity index (χ1n) is 9.61. The third-order valence-electron chi connectivity index (χ3n) is 5.09. The standard InChI is InChI=1S/C22H27Cl2NO/c23-20-12-8-13-21(24)19(20)16-26-22-14-7-6-9-17(22)15-25-18-10-4-2-1-3-5-11-18/h6-9,12-14,18,25H,1-5,10-11,15-16H2. The molecule has 2 aromatic carbocycles. The number of hydrogen-bond acceptors (Lipinski definition) is 2. The molecular formula is C22H27Cl2NO. The minimum atomic E-state index is 0.374. The normalized spacial score (nSPS) is 16.1. The van der Waals surface area contributed by atoms with Crippen LogP contribution in [0.3, 0.4) is 0 Å². The molecule has 0 unspecified atom stereocenters. The Morgan fingerprint density at radius 1 is 0.846 bits per heavy atom. The molecule has 1 aliphatic rings. The van der Waals surface area contributed by atoms with Gasteiger partial charge in [-0.15, -0.1) is 0 Å². The third kappa shape index (κ3) is 5.64. The van der Waals surface area contributed by atoms with Gasteiger partial charge in [0, 0.05) is 33.8 Å². The van der Waals surface area contributed by atoms with Crippen LogP contribution in [-0.4, -0.2) is 6.04 Å². The van der Waals surface area contributed by atoms with Crippen molar-refractivity contribution in [3.63, 3.8) is 0 Å². The summed E-state index contributed by atoms with van der Waals surface area (Å²) in [7, 11) is 0.